The van der Waals surface area contributed by atoms with Crippen LogP contribution in [0.25, 0.3) is 44.3 Å². The molecule has 2 aliphatic heterocycles. The Labute approximate surface area is 240 Å². The van der Waals surface area contributed by atoms with Crippen LogP contribution in [-0.4, -0.2) is 16.3 Å². The molecule has 0 fully saturated rings. The number of nitrogens with zero attached hydrogens (tertiary/aromatic N) is 2. The fourth-order valence-corrected chi connectivity index (χ4v) is 7.86. The summed E-state index contributed by atoms with van der Waals surface area (Å²) in [5.41, 5.74) is 13.5. The van der Waals surface area contributed by atoms with Crippen molar-refractivity contribution in [1.82, 2.24) is 9.55 Å². The fourth-order valence-electron chi connectivity index (χ4n) is 7.86. The summed E-state index contributed by atoms with van der Waals surface area (Å²) >= 11 is 0. The molecule has 1 aliphatic carbocycles. The van der Waals surface area contributed by atoms with E-state index in [0.29, 0.717) is 0 Å². The molecule has 0 saturated heterocycles. The summed E-state index contributed by atoms with van der Waals surface area (Å²) in [4.78, 5) is 5.41. The van der Waals surface area contributed by atoms with Gasteiger partial charge in [0, 0.05) is 22.5 Å². The average Bonchev–Trinajstić information content (AvgIpc) is 3.40. The molecule has 3 aliphatic rings. The Morgan fingerprint density at radius 2 is 1.63 bits per heavy atom. The average molecular weight is 525 g/mol. The largest absolute Gasteiger partial charge is 0.356 e. The van der Waals surface area contributed by atoms with Crippen LogP contribution in [0.2, 0.25) is 0 Å². The molecule has 2 bridgehead atoms. The highest BCUT2D eigenvalue weighted by Crippen LogP contribution is 2.47. The van der Waals surface area contributed by atoms with Crippen molar-refractivity contribution < 1.29 is 0 Å². The summed E-state index contributed by atoms with van der Waals surface area (Å²) in [6.45, 7) is 4.82. The van der Waals surface area contributed by atoms with Gasteiger partial charge in [-0.15, -0.1) is 0 Å². The molecule has 9 rings (SSSR count). The van der Waals surface area contributed by atoms with Gasteiger partial charge in [0.2, 0.25) is 6.71 Å². The molecule has 1 unspecified atom stereocenters. The molecule has 4 heteroatoms. The monoisotopic (exact) mass is 525 g/mol. The van der Waals surface area contributed by atoms with E-state index in [1.54, 1.807) is 0 Å². The molecule has 41 heavy (non-hydrogen) atoms. The summed E-state index contributed by atoms with van der Waals surface area (Å²) in [6.07, 6.45) is 5.57. The topological polar surface area (TPSA) is 29.9 Å². The predicted molar refractivity (Wildman–Crippen MR) is 172 cm³/mol. The number of hydrogen-bond donors (Lipinski definition) is 1. The van der Waals surface area contributed by atoms with Crippen molar-refractivity contribution >= 4 is 45.1 Å². The molecule has 3 heterocycles. The van der Waals surface area contributed by atoms with E-state index in [1.807, 2.05) is 0 Å². The van der Waals surface area contributed by atoms with E-state index in [4.69, 9.17) is 4.98 Å². The maximum Gasteiger partial charge on any atom is 0.246 e. The second-order valence-electron chi connectivity index (χ2n) is 11.8. The number of allylic oxidation sites excluding steroid dienone is 3. The highest BCUT2D eigenvalue weighted by Gasteiger charge is 2.49. The number of benzene rings is 5. The Bertz CT molecular complexity index is 2140. The molecule has 6 aromatic rings. The summed E-state index contributed by atoms with van der Waals surface area (Å²) in [6, 6.07) is 37.5. The van der Waals surface area contributed by atoms with Crippen LogP contribution in [0.1, 0.15) is 18.9 Å². The number of rotatable bonds is 1. The minimum atomic E-state index is -0.307. The summed E-state index contributed by atoms with van der Waals surface area (Å²) < 4.78 is 2.57. The van der Waals surface area contributed by atoms with Crippen LogP contribution >= 0.6 is 0 Å². The maximum atomic E-state index is 5.41. The number of fused-ring (bicyclic) bond motifs is 9. The molecule has 3 nitrogen and oxygen atoms in total. The van der Waals surface area contributed by atoms with Crippen LogP contribution in [0.3, 0.4) is 0 Å². The third-order valence-corrected chi connectivity index (χ3v) is 9.65. The van der Waals surface area contributed by atoms with Crippen LogP contribution in [0.5, 0.6) is 0 Å². The van der Waals surface area contributed by atoms with Crippen molar-refractivity contribution in [3.8, 4) is 22.5 Å². The minimum Gasteiger partial charge on any atom is -0.356 e. The van der Waals surface area contributed by atoms with Crippen molar-refractivity contribution in [3.05, 3.63) is 132 Å². The van der Waals surface area contributed by atoms with E-state index in [-0.39, 0.29) is 12.3 Å². The first-order chi connectivity index (χ1) is 20.1. The third-order valence-electron chi connectivity index (χ3n) is 9.65. The van der Waals surface area contributed by atoms with Gasteiger partial charge in [-0.2, -0.15) is 0 Å². The van der Waals surface area contributed by atoms with Crippen molar-refractivity contribution in [2.24, 2.45) is 0 Å². The summed E-state index contributed by atoms with van der Waals surface area (Å²) in [7, 11) is 0. The Balaban J connectivity index is 1.52. The lowest BCUT2D eigenvalue weighted by Gasteiger charge is -2.45. The van der Waals surface area contributed by atoms with Gasteiger partial charge in [0.15, 0.2) is 0 Å². The second-order valence-corrected chi connectivity index (χ2v) is 11.8. The Morgan fingerprint density at radius 1 is 0.854 bits per heavy atom. The van der Waals surface area contributed by atoms with Gasteiger partial charge in [0.1, 0.15) is 5.82 Å². The quantitative estimate of drug-likeness (QED) is 0.228. The zero-order valence-electron chi connectivity index (χ0n) is 23.1. The molecular formula is C37H28BN3. The Hall–Kier alpha value is -4.83. The van der Waals surface area contributed by atoms with E-state index >= 15 is 0 Å². The summed E-state index contributed by atoms with van der Waals surface area (Å²) in [5, 5.41) is 6.49. The number of para-hydroxylation sites is 1. The first kappa shape index (κ1) is 22.9. The Morgan fingerprint density at radius 3 is 2.54 bits per heavy atom. The molecule has 0 saturated carbocycles. The fraction of sp³-hybridized carbons (Fsp3) is 0.108. The van der Waals surface area contributed by atoms with Gasteiger partial charge in [0.05, 0.1) is 16.6 Å². The predicted octanol–water partition coefficient (Wildman–Crippen LogP) is 7.35. The lowest BCUT2D eigenvalue weighted by Crippen LogP contribution is -2.58. The standard InChI is InChI=1S/C37H28BN3/c1-23-26-17-10-18-29(23)38-33-27-15-7-6-14-25(27)22-32-34(33)41(36(40-32)24-12-4-3-5-13-24)37(2)21-11-20-31(35(37)38)39-30-19-9-8-16-28(26)30/h3-20,22,39H,21H2,1-2H3. The SMILES string of the molecule is Cc1c2cccc1-c1ccccc1NC1=C3B2c2c4ccccc4cc4nc(-c5ccccc5)n(c24)C3(C)CC=C1. The van der Waals surface area contributed by atoms with Crippen LogP contribution in [0, 0.1) is 6.92 Å². The number of nitrogens with one attached hydrogen (secondary N) is 1. The molecule has 1 N–H and O–H groups in total. The lowest BCUT2D eigenvalue weighted by molar-refractivity contribution is 0.411. The van der Waals surface area contributed by atoms with E-state index in [9.17, 15) is 0 Å². The number of imidazole rings is 1. The highest BCUT2D eigenvalue weighted by atomic mass is 15.2. The van der Waals surface area contributed by atoms with Crippen LogP contribution in [-0.2, 0) is 5.54 Å². The number of aromatic nitrogens is 2. The van der Waals surface area contributed by atoms with Gasteiger partial charge in [-0.1, -0.05) is 103 Å². The van der Waals surface area contributed by atoms with Gasteiger partial charge in [-0.25, -0.2) is 4.98 Å². The molecule has 194 valence electrons. The smallest absolute Gasteiger partial charge is 0.246 e. The molecule has 0 amide bonds. The third kappa shape index (κ3) is 2.97. The molecule has 0 spiro atoms. The summed E-state index contributed by atoms with van der Waals surface area (Å²) in [5.74, 6) is 1.03. The normalized spacial score (nSPS) is 18.4. The zero-order valence-corrected chi connectivity index (χ0v) is 23.1. The molecule has 5 aromatic carbocycles. The van der Waals surface area contributed by atoms with Crippen LogP contribution < -0.4 is 16.2 Å². The van der Waals surface area contributed by atoms with Gasteiger partial charge in [0.25, 0.3) is 0 Å². The second kappa shape index (κ2) is 8.11. The Kier molecular flexibility index (Phi) is 4.54. The molecule has 0 radical (unpaired) electrons. The van der Waals surface area contributed by atoms with Crippen LogP contribution in [0.4, 0.5) is 5.69 Å². The first-order valence-corrected chi connectivity index (χ1v) is 14.5. The zero-order chi connectivity index (χ0) is 27.3. The van der Waals surface area contributed by atoms with E-state index < -0.39 is 0 Å². The van der Waals surface area contributed by atoms with Crippen molar-refractivity contribution in [2.75, 3.05) is 5.32 Å². The number of hydrogen-bond acceptors (Lipinski definition) is 2. The molecule has 1 aromatic heterocycles. The lowest BCUT2D eigenvalue weighted by atomic mass is 9.30. The van der Waals surface area contributed by atoms with Gasteiger partial charge >= 0.3 is 0 Å². The molecular weight excluding hydrogens is 497 g/mol. The van der Waals surface area contributed by atoms with Crippen molar-refractivity contribution in [2.45, 2.75) is 25.8 Å². The van der Waals surface area contributed by atoms with E-state index in [2.05, 4.69) is 139 Å². The highest BCUT2D eigenvalue weighted by molar-refractivity contribution is 6.95. The van der Waals surface area contributed by atoms with Crippen LogP contribution in [0.15, 0.2) is 126 Å². The van der Waals surface area contributed by atoms with Gasteiger partial charge in [-0.05, 0) is 71.3 Å². The van der Waals surface area contributed by atoms with E-state index in [1.165, 1.54) is 55.1 Å². The maximum absolute atomic E-state index is 5.41. The number of anilines is 1. The minimum absolute atomic E-state index is 0.0862. The van der Waals surface area contributed by atoms with Gasteiger partial charge in [-0.3, -0.25) is 0 Å². The van der Waals surface area contributed by atoms with Crippen molar-refractivity contribution in [3.63, 3.8) is 0 Å². The van der Waals surface area contributed by atoms with Crippen molar-refractivity contribution in [1.29, 1.82) is 0 Å². The molecule has 1 atom stereocenters. The first-order valence-electron chi connectivity index (χ1n) is 14.5. The van der Waals surface area contributed by atoms with E-state index in [0.717, 1.165) is 29.0 Å². The van der Waals surface area contributed by atoms with Gasteiger partial charge < -0.3 is 9.88 Å².